The Bertz CT molecular complexity index is 1160. The number of hydrogen-bond donors (Lipinski definition) is 0. The lowest BCUT2D eigenvalue weighted by atomic mass is 10.1. The largest absolute Gasteiger partial charge is 0.459 e. The molecular weight excluding hydrogens is 342 g/mol. The van der Waals surface area contributed by atoms with E-state index < -0.39 is 0 Å². The molecule has 0 saturated carbocycles. The first kappa shape index (κ1) is 15.3. The van der Waals surface area contributed by atoms with Gasteiger partial charge in [0.1, 0.15) is 0 Å². The summed E-state index contributed by atoms with van der Waals surface area (Å²) in [6.07, 6.45) is 3.29. The molecule has 5 aromatic rings. The van der Waals surface area contributed by atoms with Crippen LogP contribution < -0.4 is 0 Å². The highest BCUT2D eigenvalue weighted by Crippen LogP contribution is 2.29. The zero-order valence-corrected chi connectivity index (χ0v) is 14.1. The highest BCUT2D eigenvalue weighted by atomic mass is 16.4. The number of benzene rings is 2. The van der Waals surface area contributed by atoms with E-state index in [1.807, 2.05) is 54.6 Å². The second kappa shape index (κ2) is 6.42. The minimum Gasteiger partial charge on any atom is -0.459 e. The average molecular weight is 355 g/mol. The van der Waals surface area contributed by atoms with Crippen molar-refractivity contribution in [2.24, 2.45) is 0 Å². The van der Waals surface area contributed by atoms with Crippen LogP contribution in [0.15, 0.2) is 92.4 Å². The highest BCUT2D eigenvalue weighted by Gasteiger charge is 2.13. The third kappa shape index (κ3) is 2.93. The van der Waals surface area contributed by atoms with Crippen LogP contribution in [-0.2, 0) is 0 Å². The van der Waals surface area contributed by atoms with Gasteiger partial charge in [-0.2, -0.15) is 0 Å². The van der Waals surface area contributed by atoms with Gasteiger partial charge in [-0.3, -0.25) is 0 Å². The maximum absolute atomic E-state index is 5.88. The van der Waals surface area contributed by atoms with Gasteiger partial charge in [-0.15, -0.1) is 10.2 Å². The second-order valence-electron chi connectivity index (χ2n) is 5.86. The highest BCUT2D eigenvalue weighted by molar-refractivity contribution is 5.64. The molecule has 0 bridgehead atoms. The van der Waals surface area contributed by atoms with Crippen molar-refractivity contribution < 1.29 is 13.3 Å². The second-order valence-corrected chi connectivity index (χ2v) is 5.86. The lowest BCUT2D eigenvalue weighted by Crippen LogP contribution is -1.80. The van der Waals surface area contributed by atoms with Crippen molar-refractivity contribution in [3.05, 3.63) is 79.2 Å². The molecule has 0 saturated heterocycles. The molecule has 6 nitrogen and oxygen atoms in total. The van der Waals surface area contributed by atoms with Crippen molar-refractivity contribution in [1.82, 2.24) is 15.2 Å². The number of furan rings is 1. The zero-order chi connectivity index (χ0) is 18.1. The van der Waals surface area contributed by atoms with E-state index >= 15 is 0 Å². The Morgan fingerprint density at radius 2 is 1.30 bits per heavy atom. The minimum atomic E-state index is 0.347. The molecule has 130 valence electrons. The molecule has 0 aliphatic heterocycles. The molecule has 0 aliphatic rings. The van der Waals surface area contributed by atoms with E-state index in [1.165, 1.54) is 0 Å². The fraction of sp³-hybridized carbons (Fsp3) is 0. The first-order valence-electron chi connectivity index (χ1n) is 8.36. The van der Waals surface area contributed by atoms with Gasteiger partial charge in [0.15, 0.2) is 11.5 Å². The molecule has 0 unspecified atom stereocenters. The summed E-state index contributed by atoms with van der Waals surface area (Å²) in [5.74, 6) is 2.60. The van der Waals surface area contributed by atoms with Crippen LogP contribution in [0.1, 0.15) is 0 Å². The summed E-state index contributed by atoms with van der Waals surface area (Å²) in [6, 6.07) is 21.0. The standard InChI is InChI=1S/C21H13N3O3/c1-2-5-14(6-3-1)18-13-22-19(26-18)15-8-10-16(11-9-15)20-23-24-21(27-20)17-7-4-12-25-17/h1-13H. The number of aromatic nitrogens is 3. The quantitative estimate of drug-likeness (QED) is 0.434. The number of oxazole rings is 1. The Kier molecular flexibility index (Phi) is 3.65. The van der Waals surface area contributed by atoms with E-state index in [9.17, 15) is 0 Å². The van der Waals surface area contributed by atoms with Crippen molar-refractivity contribution in [1.29, 1.82) is 0 Å². The summed E-state index contributed by atoms with van der Waals surface area (Å²) >= 11 is 0. The van der Waals surface area contributed by atoms with Crippen molar-refractivity contribution >= 4 is 0 Å². The zero-order valence-electron chi connectivity index (χ0n) is 14.1. The molecule has 27 heavy (non-hydrogen) atoms. The predicted molar refractivity (Wildman–Crippen MR) is 98.4 cm³/mol. The van der Waals surface area contributed by atoms with Crippen LogP contribution in [0.5, 0.6) is 0 Å². The topological polar surface area (TPSA) is 78.1 Å². The molecule has 0 aliphatic carbocycles. The van der Waals surface area contributed by atoms with Crippen LogP contribution in [0, 0.1) is 0 Å². The Hall–Kier alpha value is -3.93. The molecule has 3 aromatic heterocycles. The molecule has 0 radical (unpaired) electrons. The predicted octanol–water partition coefficient (Wildman–Crippen LogP) is 5.32. The van der Waals surface area contributed by atoms with E-state index in [2.05, 4.69) is 15.2 Å². The maximum Gasteiger partial charge on any atom is 0.283 e. The molecule has 0 amide bonds. The number of rotatable bonds is 4. The van der Waals surface area contributed by atoms with Gasteiger partial charge in [-0.05, 0) is 36.4 Å². The molecule has 0 atom stereocenters. The number of hydrogen-bond acceptors (Lipinski definition) is 6. The van der Waals surface area contributed by atoms with Gasteiger partial charge in [-0.25, -0.2) is 4.98 Å². The van der Waals surface area contributed by atoms with Gasteiger partial charge in [0.2, 0.25) is 11.8 Å². The first-order valence-corrected chi connectivity index (χ1v) is 8.36. The maximum atomic E-state index is 5.88. The van der Waals surface area contributed by atoms with Crippen LogP contribution in [0.4, 0.5) is 0 Å². The van der Waals surface area contributed by atoms with Gasteiger partial charge in [-0.1, -0.05) is 30.3 Å². The van der Waals surface area contributed by atoms with Gasteiger partial charge in [0, 0.05) is 16.7 Å². The summed E-state index contributed by atoms with van der Waals surface area (Å²) in [4.78, 5) is 4.37. The SMILES string of the molecule is c1ccc(-c2cnc(-c3ccc(-c4nnc(-c5ccco5)o4)cc3)o2)cc1. The van der Waals surface area contributed by atoms with Gasteiger partial charge < -0.3 is 13.3 Å². The Balaban J connectivity index is 1.40. The van der Waals surface area contributed by atoms with E-state index in [0.29, 0.717) is 23.4 Å². The third-order valence-corrected chi connectivity index (χ3v) is 4.10. The lowest BCUT2D eigenvalue weighted by Gasteiger charge is -1.98. The van der Waals surface area contributed by atoms with Gasteiger partial charge in [0.25, 0.3) is 5.89 Å². The molecular formula is C21H13N3O3. The van der Waals surface area contributed by atoms with E-state index in [4.69, 9.17) is 13.3 Å². The Morgan fingerprint density at radius 3 is 2.04 bits per heavy atom. The van der Waals surface area contributed by atoms with Crippen LogP contribution in [0.3, 0.4) is 0 Å². The molecule has 5 rings (SSSR count). The molecule has 2 aromatic carbocycles. The van der Waals surface area contributed by atoms with Crippen molar-refractivity contribution in [2.45, 2.75) is 0 Å². The van der Waals surface area contributed by atoms with E-state index in [1.54, 1.807) is 24.6 Å². The summed E-state index contributed by atoms with van der Waals surface area (Å²) in [5, 5.41) is 8.08. The molecule has 0 fully saturated rings. The summed E-state index contributed by atoms with van der Waals surface area (Å²) in [6.45, 7) is 0. The van der Waals surface area contributed by atoms with Crippen molar-refractivity contribution in [3.63, 3.8) is 0 Å². The van der Waals surface area contributed by atoms with E-state index in [-0.39, 0.29) is 0 Å². The fourth-order valence-corrected chi connectivity index (χ4v) is 2.74. The summed E-state index contributed by atoms with van der Waals surface area (Å²) in [7, 11) is 0. The fourth-order valence-electron chi connectivity index (χ4n) is 2.74. The third-order valence-electron chi connectivity index (χ3n) is 4.10. The van der Waals surface area contributed by atoms with Crippen molar-refractivity contribution in [2.75, 3.05) is 0 Å². The van der Waals surface area contributed by atoms with Crippen LogP contribution in [-0.4, -0.2) is 15.2 Å². The molecule has 0 N–H and O–H groups in total. The van der Waals surface area contributed by atoms with Crippen LogP contribution in [0.2, 0.25) is 0 Å². The monoisotopic (exact) mass is 355 g/mol. The molecule has 0 spiro atoms. The number of nitrogens with zero attached hydrogens (tertiary/aromatic N) is 3. The normalized spacial score (nSPS) is 11.0. The average Bonchev–Trinajstić information content (AvgIpc) is 3.50. The Morgan fingerprint density at radius 1 is 0.556 bits per heavy atom. The smallest absolute Gasteiger partial charge is 0.283 e. The molecule has 3 heterocycles. The first-order chi connectivity index (χ1) is 13.4. The molecule has 6 heteroatoms. The Labute approximate surface area is 154 Å². The van der Waals surface area contributed by atoms with E-state index in [0.717, 1.165) is 22.5 Å². The van der Waals surface area contributed by atoms with Crippen LogP contribution >= 0.6 is 0 Å². The summed E-state index contributed by atoms with van der Waals surface area (Å²) in [5.41, 5.74) is 2.66. The van der Waals surface area contributed by atoms with Gasteiger partial charge >= 0.3 is 0 Å². The minimum absolute atomic E-state index is 0.347. The lowest BCUT2D eigenvalue weighted by molar-refractivity contribution is 0.523. The van der Waals surface area contributed by atoms with Crippen molar-refractivity contribution in [3.8, 4) is 45.9 Å². The van der Waals surface area contributed by atoms with Crippen LogP contribution in [0.25, 0.3) is 45.9 Å². The van der Waals surface area contributed by atoms with Gasteiger partial charge in [0.05, 0.1) is 12.5 Å². The summed E-state index contributed by atoms with van der Waals surface area (Å²) < 4.78 is 16.8.